The number of aliphatic hydroxyl groups excluding tert-OH is 2. The van der Waals surface area contributed by atoms with Gasteiger partial charge in [0.05, 0.1) is 6.20 Å². The fourth-order valence-corrected chi connectivity index (χ4v) is 2.21. The predicted octanol–water partition coefficient (Wildman–Crippen LogP) is -2.46. The van der Waals surface area contributed by atoms with Gasteiger partial charge in [0.25, 0.3) is 0 Å². The third-order valence-corrected chi connectivity index (χ3v) is 3.20. The van der Waals surface area contributed by atoms with E-state index in [-0.39, 0.29) is 23.7 Å². The largest absolute Gasteiger partial charge is 0.423 e. The molecule has 0 radical (unpaired) electrons. The number of nitrogens with zero attached hydrogens (tertiary/aromatic N) is 3. The van der Waals surface area contributed by atoms with Crippen LogP contribution in [0.3, 0.4) is 0 Å². The zero-order valence-electron chi connectivity index (χ0n) is 10.2. The average Bonchev–Trinajstić information content (AvgIpc) is 2.88. The number of nitrogen functional groups attached to an aromatic ring is 1. The second kappa shape index (κ2) is 4.52. The lowest BCUT2D eigenvalue weighted by Crippen LogP contribution is -2.36. The van der Waals surface area contributed by atoms with Crippen LogP contribution in [0.25, 0.3) is 11.2 Å². The molecule has 10 nitrogen and oxygen atoms in total. The Bertz CT molecular complexity index is 697. The summed E-state index contributed by atoms with van der Waals surface area (Å²) < 4.78 is 11.3. The molecule has 3 heterocycles. The van der Waals surface area contributed by atoms with Crippen LogP contribution in [-0.4, -0.2) is 49.6 Å². The van der Waals surface area contributed by atoms with Crippen LogP contribution in [0.5, 0.6) is 0 Å². The van der Waals surface area contributed by atoms with Crippen molar-refractivity contribution in [3.05, 3.63) is 16.7 Å². The highest BCUT2D eigenvalue weighted by Gasteiger charge is 2.44. The highest BCUT2D eigenvalue weighted by Crippen LogP contribution is 2.30. The van der Waals surface area contributed by atoms with Crippen molar-refractivity contribution in [2.45, 2.75) is 24.5 Å². The van der Waals surface area contributed by atoms with Crippen LogP contribution < -0.4 is 17.2 Å². The highest BCUT2D eigenvalue weighted by molar-refractivity contribution is 5.68. The molecule has 0 amide bonds. The van der Waals surface area contributed by atoms with Gasteiger partial charge in [-0.15, -0.1) is 0 Å². The number of aromatic nitrogens is 3. The van der Waals surface area contributed by atoms with E-state index in [9.17, 15) is 15.0 Å². The quantitative estimate of drug-likeness (QED) is 0.468. The summed E-state index contributed by atoms with van der Waals surface area (Å²) in [4.78, 5) is 19.5. The van der Waals surface area contributed by atoms with Crippen LogP contribution in [0.2, 0.25) is 0 Å². The molecule has 0 unspecified atom stereocenters. The Hall–Kier alpha value is -2.01. The molecule has 10 heteroatoms. The molecule has 2 aromatic rings. The van der Waals surface area contributed by atoms with Crippen molar-refractivity contribution in [3.63, 3.8) is 0 Å². The van der Waals surface area contributed by atoms with E-state index in [1.807, 2.05) is 0 Å². The Kier molecular flexibility index (Phi) is 2.94. The Morgan fingerprint density at radius 2 is 2.15 bits per heavy atom. The van der Waals surface area contributed by atoms with Gasteiger partial charge in [-0.25, -0.2) is 14.3 Å². The molecular weight excluding hydrogens is 270 g/mol. The third kappa shape index (κ3) is 1.78. The van der Waals surface area contributed by atoms with E-state index < -0.39 is 30.3 Å². The Labute approximate surface area is 111 Å². The fraction of sp³-hybridized carbons (Fsp3) is 0.500. The van der Waals surface area contributed by atoms with E-state index in [2.05, 4.69) is 9.97 Å². The molecule has 1 aliphatic rings. The van der Waals surface area contributed by atoms with Gasteiger partial charge in [0.1, 0.15) is 18.3 Å². The van der Waals surface area contributed by atoms with Crippen LogP contribution in [0, 0.1) is 0 Å². The molecular formula is C10H13N5O5. The van der Waals surface area contributed by atoms with Crippen molar-refractivity contribution in [1.82, 2.24) is 14.5 Å². The maximum absolute atomic E-state index is 11.9. The number of ether oxygens (including phenoxy) is 1. The molecule has 6 N–H and O–H groups in total. The van der Waals surface area contributed by atoms with E-state index in [1.165, 1.54) is 6.20 Å². The lowest BCUT2D eigenvalue weighted by molar-refractivity contribution is -0.0358. The number of anilines is 1. The van der Waals surface area contributed by atoms with Crippen molar-refractivity contribution in [3.8, 4) is 0 Å². The van der Waals surface area contributed by atoms with Crippen molar-refractivity contribution < 1.29 is 19.4 Å². The van der Waals surface area contributed by atoms with Crippen molar-refractivity contribution in [2.24, 2.45) is 5.73 Å². The predicted molar refractivity (Wildman–Crippen MR) is 65.5 cm³/mol. The second-order valence-electron chi connectivity index (χ2n) is 4.44. The second-order valence-corrected chi connectivity index (χ2v) is 4.44. The van der Waals surface area contributed by atoms with Crippen LogP contribution in [-0.2, 0) is 4.74 Å². The Morgan fingerprint density at radius 3 is 2.80 bits per heavy atom. The number of aliphatic hydroxyl groups is 2. The summed E-state index contributed by atoms with van der Waals surface area (Å²) in [7, 11) is 0. The van der Waals surface area contributed by atoms with Gasteiger partial charge in [0, 0.05) is 6.54 Å². The van der Waals surface area contributed by atoms with Gasteiger partial charge in [0.2, 0.25) is 5.95 Å². The van der Waals surface area contributed by atoms with Gasteiger partial charge >= 0.3 is 5.76 Å². The minimum Gasteiger partial charge on any atom is -0.404 e. The molecule has 1 aliphatic heterocycles. The van der Waals surface area contributed by atoms with Crippen molar-refractivity contribution >= 4 is 17.2 Å². The minimum atomic E-state index is -1.33. The zero-order valence-corrected chi connectivity index (χ0v) is 10.2. The molecule has 4 atom stereocenters. The summed E-state index contributed by atoms with van der Waals surface area (Å²) in [5, 5.41) is 19.8. The summed E-state index contributed by atoms with van der Waals surface area (Å²) in [5.41, 5.74) is 11.1. The number of hydrogen-bond donors (Lipinski definition) is 4. The third-order valence-electron chi connectivity index (χ3n) is 3.20. The SMILES string of the molecule is NC[C@H]1O[C@@H](n2c(=O)oc3cnc(N)nc32)[C@H](O)[C@@H]1O. The first-order valence-electron chi connectivity index (χ1n) is 5.88. The van der Waals surface area contributed by atoms with E-state index in [4.69, 9.17) is 20.6 Å². The van der Waals surface area contributed by atoms with Crippen LogP contribution >= 0.6 is 0 Å². The summed E-state index contributed by atoms with van der Waals surface area (Å²) in [6.45, 7) is -0.00359. The monoisotopic (exact) mass is 283 g/mol. The first-order valence-corrected chi connectivity index (χ1v) is 5.88. The van der Waals surface area contributed by atoms with Gasteiger partial charge in [-0.05, 0) is 0 Å². The zero-order chi connectivity index (χ0) is 14.4. The fourth-order valence-electron chi connectivity index (χ4n) is 2.21. The lowest BCUT2D eigenvalue weighted by Gasteiger charge is -2.14. The molecule has 0 saturated carbocycles. The first kappa shape index (κ1) is 13.0. The van der Waals surface area contributed by atoms with E-state index >= 15 is 0 Å². The van der Waals surface area contributed by atoms with Crippen molar-refractivity contribution in [1.29, 1.82) is 0 Å². The normalized spacial score (nSPS) is 30.1. The highest BCUT2D eigenvalue weighted by atomic mass is 16.6. The maximum atomic E-state index is 11.9. The van der Waals surface area contributed by atoms with Crippen LogP contribution in [0.1, 0.15) is 6.23 Å². The number of hydrogen-bond acceptors (Lipinski definition) is 9. The molecule has 0 spiro atoms. The average molecular weight is 283 g/mol. The van der Waals surface area contributed by atoms with Gasteiger partial charge in [0.15, 0.2) is 17.5 Å². The Morgan fingerprint density at radius 1 is 1.40 bits per heavy atom. The topological polar surface area (TPSA) is 163 Å². The Balaban J connectivity index is 2.13. The number of fused-ring (bicyclic) bond motifs is 1. The van der Waals surface area contributed by atoms with Gasteiger partial charge in [-0.1, -0.05) is 0 Å². The summed E-state index contributed by atoms with van der Waals surface area (Å²) in [6.07, 6.45) is -3.24. The summed E-state index contributed by atoms with van der Waals surface area (Å²) in [5.74, 6) is -0.857. The molecule has 2 aromatic heterocycles. The van der Waals surface area contributed by atoms with Gasteiger partial charge < -0.3 is 30.8 Å². The van der Waals surface area contributed by atoms with Crippen molar-refractivity contribution in [2.75, 3.05) is 12.3 Å². The number of rotatable bonds is 2. The maximum Gasteiger partial charge on any atom is 0.423 e. The van der Waals surface area contributed by atoms with Crippen LogP contribution in [0.15, 0.2) is 15.4 Å². The first-order chi connectivity index (χ1) is 9.52. The van der Waals surface area contributed by atoms with Gasteiger partial charge in [-0.2, -0.15) is 4.98 Å². The lowest BCUT2D eigenvalue weighted by atomic mass is 10.1. The molecule has 1 saturated heterocycles. The van der Waals surface area contributed by atoms with Crippen LogP contribution in [0.4, 0.5) is 5.95 Å². The summed E-state index contributed by atoms with van der Waals surface area (Å²) >= 11 is 0. The molecule has 1 fully saturated rings. The number of nitrogens with two attached hydrogens (primary N) is 2. The minimum absolute atomic E-state index is 0.00359. The molecule has 20 heavy (non-hydrogen) atoms. The molecule has 0 aromatic carbocycles. The number of oxazole rings is 1. The van der Waals surface area contributed by atoms with E-state index in [1.54, 1.807) is 0 Å². The molecule has 3 rings (SSSR count). The molecule has 0 bridgehead atoms. The summed E-state index contributed by atoms with van der Waals surface area (Å²) in [6, 6.07) is 0. The molecule has 108 valence electrons. The molecule has 0 aliphatic carbocycles. The van der Waals surface area contributed by atoms with E-state index in [0.29, 0.717) is 0 Å². The van der Waals surface area contributed by atoms with Gasteiger partial charge in [-0.3, -0.25) is 0 Å². The smallest absolute Gasteiger partial charge is 0.404 e. The van der Waals surface area contributed by atoms with E-state index in [0.717, 1.165) is 4.57 Å². The standard InChI is InChI=1S/C10H13N5O5/c11-1-3-5(16)6(17)8(19-3)15-7-4(20-10(15)18)2-13-9(12)14-7/h2-3,5-6,8,16-17H,1,11H2,(H2,12,13,14)/t3-,5-,6-,8-/m1/s1.